The summed E-state index contributed by atoms with van der Waals surface area (Å²) >= 11 is 0. The van der Waals surface area contributed by atoms with Crippen molar-refractivity contribution in [2.75, 3.05) is 44.9 Å². The number of hydrogen-bond acceptors (Lipinski definition) is 9. The van der Waals surface area contributed by atoms with Crippen LogP contribution in [0, 0.1) is 6.92 Å². The standard InChI is InChI=1S/C31H36N6O4S/c1-20-15-26(42(3,4)39)18-32-28(20)27-16-21-17-33-31(35-29(21)37(30(27)38)23-11-14-40-19-23)34-22-5-7-24(8-6-22)41-25-9-12-36(2)13-10-25/h5-8,15-18,23,25H,3,9-14,19H2,1-2,4H3,(H,33,34,35). The molecule has 0 radical (unpaired) electrons. The second kappa shape index (κ2) is 11.5. The predicted molar refractivity (Wildman–Crippen MR) is 167 cm³/mol. The van der Waals surface area contributed by atoms with Gasteiger partial charge < -0.3 is 19.7 Å². The third-order valence-corrected chi connectivity index (χ3v) is 9.15. The highest BCUT2D eigenvalue weighted by Gasteiger charge is 2.25. The summed E-state index contributed by atoms with van der Waals surface area (Å²) < 4.78 is 26.0. The molecule has 2 saturated heterocycles. The van der Waals surface area contributed by atoms with Gasteiger partial charge >= 0.3 is 0 Å². The van der Waals surface area contributed by atoms with E-state index in [4.69, 9.17) is 14.5 Å². The summed E-state index contributed by atoms with van der Waals surface area (Å²) in [4.78, 5) is 30.7. The highest BCUT2D eigenvalue weighted by atomic mass is 32.2. The summed E-state index contributed by atoms with van der Waals surface area (Å²) in [5.41, 5.74) is 2.87. The Balaban J connectivity index is 1.31. The van der Waals surface area contributed by atoms with Gasteiger partial charge in [-0.25, -0.2) is 4.98 Å². The first-order valence-corrected chi connectivity index (χ1v) is 16.3. The lowest BCUT2D eigenvalue weighted by atomic mass is 10.1. The number of likely N-dealkylation sites (tertiary alicyclic amines) is 1. The summed E-state index contributed by atoms with van der Waals surface area (Å²) in [5.74, 6) is 4.98. The molecule has 0 aliphatic carbocycles. The lowest BCUT2D eigenvalue weighted by Gasteiger charge is -2.29. The molecule has 0 saturated carbocycles. The molecule has 1 N–H and O–H groups in total. The second-order valence-corrected chi connectivity index (χ2v) is 13.8. The number of piperidine rings is 1. The molecule has 1 aromatic carbocycles. The molecule has 2 aliphatic heterocycles. The van der Waals surface area contributed by atoms with Gasteiger partial charge in [-0.3, -0.25) is 18.6 Å². The molecule has 2 aliphatic rings. The minimum atomic E-state index is -2.43. The van der Waals surface area contributed by atoms with Crippen molar-refractivity contribution in [3.8, 4) is 17.0 Å². The minimum Gasteiger partial charge on any atom is -0.490 e. The van der Waals surface area contributed by atoms with Gasteiger partial charge in [-0.15, -0.1) is 0 Å². The summed E-state index contributed by atoms with van der Waals surface area (Å²) in [5, 5.41) is 3.98. The first kappa shape index (κ1) is 28.3. The third-order valence-electron chi connectivity index (χ3n) is 7.93. The minimum absolute atomic E-state index is 0.160. The summed E-state index contributed by atoms with van der Waals surface area (Å²) in [7, 11) is -0.293. The third kappa shape index (κ3) is 5.90. The number of rotatable bonds is 7. The maximum atomic E-state index is 14.0. The first-order chi connectivity index (χ1) is 20.2. The van der Waals surface area contributed by atoms with E-state index in [-0.39, 0.29) is 17.7 Å². The van der Waals surface area contributed by atoms with Crippen LogP contribution in [0.3, 0.4) is 0 Å². The molecular weight excluding hydrogens is 552 g/mol. The van der Waals surface area contributed by atoms with Gasteiger partial charge in [0, 0.05) is 54.3 Å². The van der Waals surface area contributed by atoms with Crippen molar-refractivity contribution >= 4 is 38.1 Å². The van der Waals surface area contributed by atoms with E-state index in [1.807, 2.05) is 31.2 Å². The van der Waals surface area contributed by atoms with Gasteiger partial charge in [0.05, 0.1) is 23.9 Å². The summed E-state index contributed by atoms with van der Waals surface area (Å²) in [6.07, 6.45) is 7.82. The molecule has 42 heavy (non-hydrogen) atoms. The van der Waals surface area contributed by atoms with Crippen molar-refractivity contribution in [2.24, 2.45) is 0 Å². The van der Waals surface area contributed by atoms with Crippen LogP contribution < -0.4 is 15.6 Å². The van der Waals surface area contributed by atoms with Crippen LogP contribution in [0.25, 0.3) is 22.3 Å². The molecule has 5 heterocycles. The number of hydrogen-bond donors (Lipinski definition) is 1. The van der Waals surface area contributed by atoms with Gasteiger partial charge in [0.2, 0.25) is 5.95 Å². The smallest absolute Gasteiger partial charge is 0.262 e. The van der Waals surface area contributed by atoms with Gasteiger partial charge in [0.25, 0.3) is 5.56 Å². The van der Waals surface area contributed by atoms with Gasteiger partial charge in [0.15, 0.2) is 0 Å². The number of benzene rings is 1. The number of anilines is 2. The fraction of sp³-hybridized carbons (Fsp3) is 0.387. The van der Waals surface area contributed by atoms with Crippen molar-refractivity contribution in [2.45, 2.75) is 43.2 Å². The Morgan fingerprint density at radius 3 is 2.52 bits per heavy atom. The molecule has 220 valence electrons. The molecule has 6 rings (SSSR count). The van der Waals surface area contributed by atoms with Crippen LogP contribution in [0.2, 0.25) is 0 Å². The zero-order valence-electron chi connectivity index (χ0n) is 24.2. The Labute approximate surface area is 245 Å². The van der Waals surface area contributed by atoms with Crippen LogP contribution in [0.1, 0.15) is 30.9 Å². The predicted octanol–water partition coefficient (Wildman–Crippen LogP) is 4.05. The van der Waals surface area contributed by atoms with Crippen LogP contribution in [0.4, 0.5) is 11.6 Å². The highest BCUT2D eigenvalue weighted by molar-refractivity contribution is 7.99. The van der Waals surface area contributed by atoms with E-state index in [2.05, 4.69) is 33.1 Å². The first-order valence-electron chi connectivity index (χ1n) is 14.2. The quantitative estimate of drug-likeness (QED) is 0.320. The largest absolute Gasteiger partial charge is 0.490 e. The number of nitrogens with zero attached hydrogens (tertiary/aromatic N) is 5. The monoisotopic (exact) mass is 588 g/mol. The Bertz CT molecular complexity index is 1770. The van der Waals surface area contributed by atoms with Crippen molar-refractivity contribution in [1.82, 2.24) is 24.4 Å². The molecular formula is C31H36N6O4S. The Hall–Kier alpha value is -3.80. The maximum Gasteiger partial charge on any atom is 0.262 e. The number of aromatic nitrogens is 4. The molecule has 2 fully saturated rings. The molecule has 10 nitrogen and oxygen atoms in total. The van der Waals surface area contributed by atoms with E-state index in [0.29, 0.717) is 52.8 Å². The van der Waals surface area contributed by atoms with Gasteiger partial charge in [-0.2, -0.15) is 4.98 Å². The van der Waals surface area contributed by atoms with Crippen LogP contribution in [0.5, 0.6) is 5.75 Å². The van der Waals surface area contributed by atoms with Gasteiger partial charge in [-0.1, -0.05) is 0 Å². The Morgan fingerprint density at radius 2 is 1.86 bits per heavy atom. The average Bonchev–Trinajstić information content (AvgIpc) is 3.49. The van der Waals surface area contributed by atoms with E-state index in [1.165, 1.54) is 6.20 Å². The fourth-order valence-corrected chi connectivity index (χ4v) is 6.22. The average molecular weight is 589 g/mol. The van der Waals surface area contributed by atoms with Gasteiger partial charge in [0.1, 0.15) is 17.5 Å². The molecule has 3 aromatic heterocycles. The van der Waals surface area contributed by atoms with E-state index in [0.717, 1.165) is 42.9 Å². The number of aryl methyl sites for hydroxylation is 1. The SMILES string of the molecule is C=S(C)(=O)c1cnc(-c2cc3cnc(Nc4ccc(OC5CCN(C)CC5)cc4)nc3n(C3CCOC3)c2=O)c(C)c1. The van der Waals surface area contributed by atoms with Crippen LogP contribution in [0.15, 0.2) is 58.5 Å². The second-order valence-electron chi connectivity index (χ2n) is 11.3. The van der Waals surface area contributed by atoms with Gasteiger partial charge in [-0.05, 0) is 90.6 Å². The van der Waals surface area contributed by atoms with Crippen LogP contribution in [-0.2, 0) is 14.3 Å². The lowest BCUT2D eigenvalue weighted by molar-refractivity contribution is 0.114. The molecule has 0 bridgehead atoms. The topological polar surface area (TPSA) is 111 Å². The van der Waals surface area contributed by atoms with E-state index >= 15 is 0 Å². The van der Waals surface area contributed by atoms with E-state index < -0.39 is 9.52 Å². The number of fused-ring (bicyclic) bond motifs is 1. The molecule has 0 spiro atoms. The zero-order chi connectivity index (χ0) is 29.4. The van der Waals surface area contributed by atoms with Crippen molar-refractivity contribution in [3.63, 3.8) is 0 Å². The molecule has 11 heteroatoms. The van der Waals surface area contributed by atoms with Crippen molar-refractivity contribution in [3.05, 3.63) is 64.7 Å². The lowest BCUT2D eigenvalue weighted by Crippen LogP contribution is -2.35. The fourth-order valence-electron chi connectivity index (χ4n) is 5.52. The van der Waals surface area contributed by atoms with Crippen LogP contribution in [-0.4, -0.2) is 80.2 Å². The van der Waals surface area contributed by atoms with E-state index in [9.17, 15) is 9.00 Å². The molecule has 4 aromatic rings. The van der Waals surface area contributed by atoms with Crippen molar-refractivity contribution < 1.29 is 13.7 Å². The number of nitrogens with one attached hydrogen (secondary N) is 1. The molecule has 2 unspecified atom stereocenters. The van der Waals surface area contributed by atoms with E-state index in [1.54, 1.807) is 29.2 Å². The molecule has 2 atom stereocenters. The number of ether oxygens (including phenoxy) is 2. The number of pyridine rings is 2. The maximum absolute atomic E-state index is 14.0. The van der Waals surface area contributed by atoms with Crippen molar-refractivity contribution in [1.29, 1.82) is 0 Å². The summed E-state index contributed by atoms with van der Waals surface area (Å²) in [6, 6.07) is 11.2. The Morgan fingerprint density at radius 1 is 1.10 bits per heavy atom. The zero-order valence-corrected chi connectivity index (χ0v) is 25.0. The Kier molecular flexibility index (Phi) is 7.73. The highest BCUT2D eigenvalue weighted by Crippen LogP contribution is 2.28. The molecule has 0 amide bonds. The normalized spacial score (nSPS) is 19.5. The van der Waals surface area contributed by atoms with Crippen LogP contribution >= 0.6 is 0 Å². The summed E-state index contributed by atoms with van der Waals surface area (Å²) in [6.45, 7) is 4.95.